The van der Waals surface area contributed by atoms with Crippen LogP contribution in [0.4, 0.5) is 0 Å². The molecule has 0 atom stereocenters. The Morgan fingerprint density at radius 2 is 2.12 bits per heavy atom. The van der Waals surface area contributed by atoms with Crippen LogP contribution in [-0.2, 0) is 10.0 Å². The fourth-order valence-corrected chi connectivity index (χ4v) is 3.74. The number of sulfonamides is 1. The molecule has 17 heavy (non-hydrogen) atoms. The normalized spacial score (nSPS) is 18.7. The first kappa shape index (κ1) is 13.1. The second kappa shape index (κ2) is 4.71. The third kappa shape index (κ3) is 3.09. The summed E-state index contributed by atoms with van der Waals surface area (Å²) in [4.78, 5) is 0.315. The summed E-state index contributed by atoms with van der Waals surface area (Å²) in [6.07, 6.45) is 3.41. The number of rotatable bonds is 4. The van der Waals surface area contributed by atoms with Crippen molar-refractivity contribution in [1.29, 1.82) is 0 Å². The van der Waals surface area contributed by atoms with Gasteiger partial charge in [0.2, 0.25) is 10.0 Å². The number of halogens is 1. The first-order valence-electron chi connectivity index (χ1n) is 5.67. The average molecular weight is 318 g/mol. The van der Waals surface area contributed by atoms with Crippen LogP contribution < -0.4 is 4.72 Å². The van der Waals surface area contributed by atoms with Crippen LogP contribution in [0.25, 0.3) is 0 Å². The second-order valence-electron chi connectivity index (χ2n) is 4.95. The molecule has 1 N–H and O–H groups in total. The summed E-state index contributed by atoms with van der Waals surface area (Å²) in [5.41, 5.74) is 0.152. The molecule has 0 spiro atoms. The highest BCUT2D eigenvalue weighted by Gasteiger charge is 2.32. The lowest BCUT2D eigenvalue weighted by Crippen LogP contribution is -2.39. The summed E-state index contributed by atoms with van der Waals surface area (Å²) in [5, 5.41) is 0. The first-order valence-corrected chi connectivity index (χ1v) is 7.94. The van der Waals surface area contributed by atoms with Crippen molar-refractivity contribution in [2.24, 2.45) is 5.41 Å². The summed E-state index contributed by atoms with van der Waals surface area (Å²) in [5.74, 6) is 0. The monoisotopic (exact) mass is 317 g/mol. The molecule has 0 aromatic heterocycles. The summed E-state index contributed by atoms with van der Waals surface area (Å²) in [7, 11) is -3.37. The van der Waals surface area contributed by atoms with Gasteiger partial charge >= 0.3 is 0 Å². The van der Waals surface area contributed by atoms with Crippen LogP contribution in [0.2, 0.25) is 0 Å². The molecular weight excluding hydrogens is 302 g/mol. The van der Waals surface area contributed by atoms with E-state index in [4.69, 9.17) is 0 Å². The van der Waals surface area contributed by atoms with Crippen molar-refractivity contribution < 1.29 is 8.42 Å². The van der Waals surface area contributed by atoms with Crippen molar-refractivity contribution in [3.8, 4) is 0 Å². The van der Waals surface area contributed by atoms with Gasteiger partial charge in [0.25, 0.3) is 0 Å². The predicted molar refractivity (Wildman–Crippen MR) is 71.3 cm³/mol. The van der Waals surface area contributed by atoms with E-state index >= 15 is 0 Å². The molecule has 1 aromatic carbocycles. The third-order valence-corrected chi connectivity index (χ3v) is 5.25. The first-order chi connectivity index (χ1) is 7.91. The van der Waals surface area contributed by atoms with Gasteiger partial charge in [0.15, 0.2) is 0 Å². The van der Waals surface area contributed by atoms with E-state index in [0.717, 1.165) is 17.3 Å². The molecule has 1 aliphatic carbocycles. The Hall–Kier alpha value is -0.390. The molecule has 0 aliphatic heterocycles. The molecule has 1 aliphatic rings. The van der Waals surface area contributed by atoms with Gasteiger partial charge in [-0.2, -0.15) is 0 Å². The Morgan fingerprint density at radius 1 is 1.41 bits per heavy atom. The molecule has 1 saturated carbocycles. The van der Waals surface area contributed by atoms with Crippen LogP contribution in [0.5, 0.6) is 0 Å². The van der Waals surface area contributed by atoms with Gasteiger partial charge in [0.1, 0.15) is 0 Å². The lowest BCUT2D eigenvalue weighted by molar-refractivity contribution is 0.166. The van der Waals surface area contributed by atoms with Crippen molar-refractivity contribution in [1.82, 2.24) is 4.72 Å². The zero-order valence-corrected chi connectivity index (χ0v) is 12.1. The van der Waals surface area contributed by atoms with Gasteiger partial charge in [-0.1, -0.05) is 35.3 Å². The Kier molecular flexibility index (Phi) is 3.61. The van der Waals surface area contributed by atoms with Gasteiger partial charge in [0.05, 0.1) is 4.90 Å². The number of nitrogens with one attached hydrogen (secondary N) is 1. The fraction of sp³-hybridized carbons (Fsp3) is 0.500. The topological polar surface area (TPSA) is 46.2 Å². The van der Waals surface area contributed by atoms with E-state index in [9.17, 15) is 8.42 Å². The number of benzene rings is 1. The largest absolute Gasteiger partial charge is 0.240 e. The second-order valence-corrected chi connectivity index (χ2v) is 7.63. The van der Waals surface area contributed by atoms with E-state index in [2.05, 4.69) is 27.6 Å². The minimum absolute atomic E-state index is 0.152. The molecular formula is C12H16BrNO2S. The van der Waals surface area contributed by atoms with Crippen LogP contribution in [-0.4, -0.2) is 15.0 Å². The van der Waals surface area contributed by atoms with Gasteiger partial charge < -0.3 is 0 Å². The van der Waals surface area contributed by atoms with Gasteiger partial charge in [-0.15, -0.1) is 0 Å². The standard InChI is InChI=1S/C12H16BrNO2S/c1-12(6-3-7-12)9-14-17(15,16)11-5-2-4-10(13)8-11/h2,4-5,8,14H,3,6-7,9H2,1H3. The molecule has 0 bridgehead atoms. The van der Waals surface area contributed by atoms with E-state index in [-0.39, 0.29) is 5.41 Å². The number of hydrogen-bond donors (Lipinski definition) is 1. The maximum Gasteiger partial charge on any atom is 0.240 e. The molecule has 1 fully saturated rings. The Bertz CT molecular complexity index is 509. The summed E-state index contributed by atoms with van der Waals surface area (Å²) in [6.45, 7) is 2.65. The summed E-state index contributed by atoms with van der Waals surface area (Å²) < 4.78 is 27.5. The minimum Gasteiger partial charge on any atom is -0.211 e. The SMILES string of the molecule is CC1(CNS(=O)(=O)c2cccc(Br)c2)CCC1. The fourth-order valence-electron chi connectivity index (χ4n) is 1.94. The van der Waals surface area contributed by atoms with Crippen LogP contribution in [0.15, 0.2) is 33.6 Å². The molecule has 0 amide bonds. The zero-order chi connectivity index (χ0) is 12.5. The van der Waals surface area contributed by atoms with E-state index in [1.807, 2.05) is 6.07 Å². The van der Waals surface area contributed by atoms with Crippen LogP contribution in [0, 0.1) is 5.41 Å². The van der Waals surface area contributed by atoms with Crippen LogP contribution in [0.3, 0.4) is 0 Å². The molecule has 94 valence electrons. The van der Waals surface area contributed by atoms with Gasteiger partial charge in [-0.25, -0.2) is 13.1 Å². The highest BCUT2D eigenvalue weighted by Crippen LogP contribution is 2.39. The Labute approximate surface area is 111 Å². The molecule has 0 unspecified atom stereocenters. The predicted octanol–water partition coefficient (Wildman–Crippen LogP) is 2.92. The maximum absolute atomic E-state index is 12.0. The average Bonchev–Trinajstić information content (AvgIpc) is 2.24. The third-order valence-electron chi connectivity index (χ3n) is 3.36. The van der Waals surface area contributed by atoms with Gasteiger partial charge in [-0.3, -0.25) is 0 Å². The Morgan fingerprint density at radius 3 is 2.65 bits per heavy atom. The molecule has 0 radical (unpaired) electrons. The minimum atomic E-state index is -3.37. The molecule has 0 heterocycles. The zero-order valence-electron chi connectivity index (χ0n) is 9.74. The van der Waals surface area contributed by atoms with Crippen molar-refractivity contribution >= 4 is 26.0 Å². The van der Waals surface area contributed by atoms with E-state index in [1.54, 1.807) is 18.2 Å². The smallest absolute Gasteiger partial charge is 0.211 e. The highest BCUT2D eigenvalue weighted by molar-refractivity contribution is 9.10. The lowest BCUT2D eigenvalue weighted by Gasteiger charge is -2.38. The van der Waals surface area contributed by atoms with E-state index in [0.29, 0.717) is 11.4 Å². The maximum atomic E-state index is 12.0. The molecule has 2 rings (SSSR count). The Balaban J connectivity index is 2.08. The highest BCUT2D eigenvalue weighted by atomic mass is 79.9. The molecule has 0 saturated heterocycles. The molecule has 5 heteroatoms. The number of hydrogen-bond acceptors (Lipinski definition) is 2. The van der Waals surface area contributed by atoms with Crippen molar-refractivity contribution in [3.63, 3.8) is 0 Å². The molecule has 1 aromatic rings. The lowest BCUT2D eigenvalue weighted by atomic mass is 9.71. The summed E-state index contributed by atoms with van der Waals surface area (Å²) >= 11 is 3.28. The van der Waals surface area contributed by atoms with Crippen molar-refractivity contribution in [2.45, 2.75) is 31.1 Å². The summed E-state index contributed by atoms with van der Waals surface area (Å²) in [6, 6.07) is 6.76. The van der Waals surface area contributed by atoms with E-state index in [1.165, 1.54) is 6.42 Å². The van der Waals surface area contributed by atoms with Crippen molar-refractivity contribution in [3.05, 3.63) is 28.7 Å². The van der Waals surface area contributed by atoms with Gasteiger partial charge in [0, 0.05) is 11.0 Å². The van der Waals surface area contributed by atoms with Crippen LogP contribution >= 0.6 is 15.9 Å². The van der Waals surface area contributed by atoms with Gasteiger partial charge in [-0.05, 0) is 36.5 Å². The van der Waals surface area contributed by atoms with Crippen LogP contribution in [0.1, 0.15) is 26.2 Å². The van der Waals surface area contributed by atoms with E-state index < -0.39 is 10.0 Å². The van der Waals surface area contributed by atoms with Crippen molar-refractivity contribution in [2.75, 3.05) is 6.54 Å². The quantitative estimate of drug-likeness (QED) is 0.928. The molecule has 3 nitrogen and oxygen atoms in total.